The lowest BCUT2D eigenvalue weighted by Crippen LogP contribution is -2.28. The number of hydrogen-bond acceptors (Lipinski definition) is 2. The summed E-state index contributed by atoms with van der Waals surface area (Å²) in [5.74, 6) is 0.425. The highest BCUT2D eigenvalue weighted by Crippen LogP contribution is 2.26. The average molecular weight is 283 g/mol. The van der Waals surface area contributed by atoms with Crippen LogP contribution in [0, 0.1) is 11.8 Å². The van der Waals surface area contributed by atoms with Gasteiger partial charge in [-0.05, 0) is 37.5 Å². The Morgan fingerprint density at radius 1 is 1.20 bits per heavy atom. The third-order valence-electron chi connectivity index (χ3n) is 4.42. The molecule has 0 saturated heterocycles. The fourth-order valence-electron chi connectivity index (χ4n) is 3.02. The van der Waals surface area contributed by atoms with Crippen molar-refractivity contribution < 1.29 is 14.7 Å². The number of rotatable bonds is 9. The first-order chi connectivity index (χ1) is 9.61. The first kappa shape index (κ1) is 17.0. The molecule has 0 spiro atoms. The second kappa shape index (κ2) is 9.78. The molecule has 2 N–H and O–H groups in total. The van der Waals surface area contributed by atoms with Crippen molar-refractivity contribution in [3.8, 4) is 0 Å². The predicted molar refractivity (Wildman–Crippen MR) is 79.5 cm³/mol. The van der Waals surface area contributed by atoms with Gasteiger partial charge in [0.2, 0.25) is 5.91 Å². The topological polar surface area (TPSA) is 66.4 Å². The van der Waals surface area contributed by atoms with E-state index in [-0.39, 0.29) is 12.3 Å². The van der Waals surface area contributed by atoms with Crippen LogP contribution >= 0.6 is 0 Å². The summed E-state index contributed by atoms with van der Waals surface area (Å²) in [7, 11) is 0. The van der Waals surface area contributed by atoms with Crippen molar-refractivity contribution in [3.63, 3.8) is 0 Å². The van der Waals surface area contributed by atoms with Gasteiger partial charge in [0.1, 0.15) is 0 Å². The number of hydrogen-bond donors (Lipinski definition) is 2. The van der Waals surface area contributed by atoms with Gasteiger partial charge in [0, 0.05) is 19.4 Å². The van der Waals surface area contributed by atoms with Crippen LogP contribution in [0.3, 0.4) is 0 Å². The maximum Gasteiger partial charge on any atom is 0.303 e. The molecule has 1 aliphatic carbocycles. The summed E-state index contributed by atoms with van der Waals surface area (Å²) >= 11 is 0. The molecular weight excluding hydrogens is 254 g/mol. The van der Waals surface area contributed by atoms with Crippen LogP contribution in [0.5, 0.6) is 0 Å². The highest BCUT2D eigenvalue weighted by Gasteiger charge is 2.17. The molecule has 1 amide bonds. The number of carboxylic acids is 1. The van der Waals surface area contributed by atoms with Crippen molar-refractivity contribution in [1.29, 1.82) is 0 Å². The maximum absolute atomic E-state index is 11.8. The Morgan fingerprint density at radius 2 is 1.90 bits per heavy atom. The average Bonchev–Trinajstić information content (AvgIpc) is 2.43. The van der Waals surface area contributed by atoms with Crippen molar-refractivity contribution in [1.82, 2.24) is 5.32 Å². The molecule has 1 saturated carbocycles. The molecule has 1 aliphatic rings. The van der Waals surface area contributed by atoms with E-state index in [1.807, 2.05) is 0 Å². The van der Waals surface area contributed by atoms with Crippen molar-refractivity contribution in [2.24, 2.45) is 11.8 Å². The van der Waals surface area contributed by atoms with Crippen LogP contribution in [0.2, 0.25) is 0 Å². The summed E-state index contributed by atoms with van der Waals surface area (Å²) in [4.78, 5) is 22.4. The Morgan fingerprint density at radius 3 is 2.50 bits per heavy atom. The molecule has 0 aliphatic heterocycles. The third-order valence-corrected chi connectivity index (χ3v) is 4.42. The van der Waals surface area contributed by atoms with Crippen molar-refractivity contribution in [2.75, 3.05) is 6.54 Å². The summed E-state index contributed by atoms with van der Waals surface area (Å²) < 4.78 is 0. The van der Waals surface area contributed by atoms with Gasteiger partial charge in [-0.25, -0.2) is 0 Å². The van der Waals surface area contributed by atoms with Crippen LogP contribution in [0.25, 0.3) is 0 Å². The van der Waals surface area contributed by atoms with E-state index in [2.05, 4.69) is 12.2 Å². The van der Waals surface area contributed by atoms with Crippen LogP contribution < -0.4 is 5.32 Å². The Balaban J connectivity index is 2.11. The molecule has 0 radical (unpaired) electrons. The van der Waals surface area contributed by atoms with Crippen molar-refractivity contribution >= 4 is 11.9 Å². The number of carbonyl (C=O) groups excluding carboxylic acids is 1. The summed E-state index contributed by atoms with van der Waals surface area (Å²) in [5.41, 5.74) is 0. The minimum absolute atomic E-state index is 0.171. The van der Waals surface area contributed by atoms with Gasteiger partial charge in [-0.2, -0.15) is 0 Å². The highest BCUT2D eigenvalue weighted by atomic mass is 16.4. The second-order valence-electron chi connectivity index (χ2n) is 6.05. The smallest absolute Gasteiger partial charge is 0.303 e. The number of carboxylic acid groups (broad SMARTS) is 1. The van der Waals surface area contributed by atoms with E-state index in [9.17, 15) is 9.59 Å². The van der Waals surface area contributed by atoms with Gasteiger partial charge in [-0.3, -0.25) is 9.59 Å². The lowest BCUT2D eigenvalue weighted by atomic mass is 9.87. The first-order valence-electron chi connectivity index (χ1n) is 8.10. The summed E-state index contributed by atoms with van der Waals surface area (Å²) in [6.07, 6.45) is 9.74. The predicted octanol–water partition coefficient (Wildman–Crippen LogP) is 3.35. The SMILES string of the molecule is CCC(CCNC(=O)CC1CCCCC1)CCC(=O)O. The molecule has 0 heterocycles. The molecule has 1 unspecified atom stereocenters. The number of carbonyl (C=O) groups is 2. The van der Waals surface area contributed by atoms with E-state index < -0.39 is 5.97 Å². The zero-order valence-corrected chi connectivity index (χ0v) is 12.7. The Labute approximate surface area is 122 Å². The fourth-order valence-corrected chi connectivity index (χ4v) is 3.02. The van der Waals surface area contributed by atoms with Crippen LogP contribution in [0.1, 0.15) is 71.1 Å². The molecule has 0 aromatic rings. The van der Waals surface area contributed by atoms with Gasteiger partial charge in [0.05, 0.1) is 0 Å². The normalized spacial score (nSPS) is 17.6. The fraction of sp³-hybridized carbons (Fsp3) is 0.875. The molecular formula is C16H29NO3. The Bertz CT molecular complexity index is 298. The number of amides is 1. The van der Waals surface area contributed by atoms with Crippen molar-refractivity contribution in [2.45, 2.75) is 71.1 Å². The minimum Gasteiger partial charge on any atom is -0.481 e. The molecule has 0 aromatic carbocycles. The third kappa shape index (κ3) is 7.51. The quantitative estimate of drug-likeness (QED) is 0.682. The molecule has 1 rings (SSSR count). The monoisotopic (exact) mass is 283 g/mol. The highest BCUT2D eigenvalue weighted by molar-refractivity contribution is 5.76. The molecule has 20 heavy (non-hydrogen) atoms. The Hall–Kier alpha value is -1.06. The van der Waals surface area contributed by atoms with Gasteiger partial charge in [-0.15, -0.1) is 0 Å². The zero-order chi connectivity index (χ0) is 14.8. The maximum atomic E-state index is 11.8. The van der Waals surface area contributed by atoms with Gasteiger partial charge in [0.15, 0.2) is 0 Å². The molecule has 0 bridgehead atoms. The molecule has 1 atom stereocenters. The first-order valence-corrected chi connectivity index (χ1v) is 8.10. The van der Waals surface area contributed by atoms with Crippen LogP contribution in [-0.2, 0) is 9.59 Å². The lowest BCUT2D eigenvalue weighted by molar-refractivity contribution is -0.137. The van der Waals surface area contributed by atoms with Crippen molar-refractivity contribution in [3.05, 3.63) is 0 Å². The number of nitrogens with one attached hydrogen (secondary N) is 1. The molecule has 0 aromatic heterocycles. The molecule has 4 heteroatoms. The standard InChI is InChI=1S/C16H29NO3/c1-2-13(8-9-16(19)20)10-11-17-15(18)12-14-6-4-3-5-7-14/h13-14H,2-12H2,1H3,(H,17,18)(H,19,20). The van der Waals surface area contributed by atoms with E-state index >= 15 is 0 Å². The molecule has 116 valence electrons. The van der Waals surface area contributed by atoms with Gasteiger partial charge in [0.25, 0.3) is 0 Å². The zero-order valence-electron chi connectivity index (χ0n) is 12.7. The van der Waals surface area contributed by atoms with E-state index in [0.717, 1.165) is 12.8 Å². The summed E-state index contributed by atoms with van der Waals surface area (Å²) in [5, 5.41) is 11.7. The van der Waals surface area contributed by atoms with Crippen LogP contribution in [0.4, 0.5) is 0 Å². The van der Waals surface area contributed by atoms with E-state index in [4.69, 9.17) is 5.11 Å². The van der Waals surface area contributed by atoms with Crippen LogP contribution in [-0.4, -0.2) is 23.5 Å². The van der Waals surface area contributed by atoms with Crippen LogP contribution in [0.15, 0.2) is 0 Å². The van der Waals surface area contributed by atoms with E-state index in [0.29, 0.717) is 31.2 Å². The van der Waals surface area contributed by atoms with Gasteiger partial charge in [-0.1, -0.05) is 32.6 Å². The second-order valence-corrected chi connectivity index (χ2v) is 6.05. The summed E-state index contributed by atoms with van der Waals surface area (Å²) in [6, 6.07) is 0. The summed E-state index contributed by atoms with van der Waals surface area (Å²) in [6.45, 7) is 2.76. The largest absolute Gasteiger partial charge is 0.481 e. The lowest BCUT2D eigenvalue weighted by Gasteiger charge is -2.21. The van der Waals surface area contributed by atoms with Gasteiger partial charge < -0.3 is 10.4 Å². The molecule has 4 nitrogen and oxygen atoms in total. The van der Waals surface area contributed by atoms with E-state index in [1.165, 1.54) is 32.1 Å². The van der Waals surface area contributed by atoms with Gasteiger partial charge >= 0.3 is 5.97 Å². The molecule has 1 fully saturated rings. The van der Waals surface area contributed by atoms with E-state index in [1.54, 1.807) is 0 Å². The minimum atomic E-state index is -0.732. The number of aliphatic carboxylic acids is 1. The Kier molecular flexibility index (Phi) is 8.31.